The third kappa shape index (κ3) is 5.67. The average Bonchev–Trinajstić information content (AvgIpc) is 2.94. The molecule has 2 aromatic carbocycles. The Kier molecular flexibility index (Phi) is 7.54. The van der Waals surface area contributed by atoms with Crippen molar-refractivity contribution in [2.24, 2.45) is 11.8 Å². The first-order valence-corrected chi connectivity index (χ1v) is 14.5. The van der Waals surface area contributed by atoms with Gasteiger partial charge in [0.15, 0.2) is 0 Å². The second-order valence-corrected chi connectivity index (χ2v) is 11.8. The van der Waals surface area contributed by atoms with E-state index in [1.807, 2.05) is 18.2 Å². The molecule has 0 radical (unpaired) electrons. The van der Waals surface area contributed by atoms with Gasteiger partial charge >= 0.3 is 6.18 Å². The van der Waals surface area contributed by atoms with E-state index in [0.717, 1.165) is 43.7 Å². The van der Waals surface area contributed by atoms with Gasteiger partial charge in [0.25, 0.3) is 0 Å². The molecule has 0 aromatic heterocycles. The maximum atomic E-state index is 13.6. The van der Waals surface area contributed by atoms with Crippen molar-refractivity contribution in [3.63, 3.8) is 0 Å². The zero-order valence-corrected chi connectivity index (χ0v) is 22.1. The fourth-order valence-electron chi connectivity index (χ4n) is 7.15. The van der Waals surface area contributed by atoms with Crippen LogP contribution in [0, 0.1) is 11.8 Å². The number of ether oxygens (including phenoxy) is 1. The second kappa shape index (κ2) is 11.1. The van der Waals surface area contributed by atoms with Crippen LogP contribution in [-0.2, 0) is 10.9 Å². The molecule has 3 heterocycles. The van der Waals surface area contributed by atoms with Gasteiger partial charge in [-0.25, -0.2) is 0 Å². The molecule has 2 aromatic rings. The lowest BCUT2D eigenvalue weighted by atomic mass is 9.76. The number of anilines is 1. The molecule has 0 unspecified atom stereocenters. The van der Waals surface area contributed by atoms with Crippen molar-refractivity contribution in [1.29, 1.82) is 0 Å². The first-order chi connectivity index (χ1) is 18.4. The molecular weight excluding hydrogens is 485 g/mol. The number of piperidine rings is 1. The largest absolute Gasteiger partial charge is 0.416 e. The van der Waals surface area contributed by atoms with E-state index in [1.165, 1.54) is 57.1 Å². The summed E-state index contributed by atoms with van der Waals surface area (Å²) in [6, 6.07) is 14.3. The first kappa shape index (κ1) is 25.9. The van der Waals surface area contributed by atoms with Gasteiger partial charge in [-0.15, -0.1) is 0 Å². The molecule has 204 valence electrons. The topological polar surface area (TPSA) is 24.5 Å². The van der Waals surface area contributed by atoms with Gasteiger partial charge in [0.05, 0.1) is 23.8 Å². The Bertz CT molecular complexity index is 1120. The highest BCUT2D eigenvalue weighted by atomic mass is 19.4. The third-order valence-electron chi connectivity index (χ3n) is 9.19. The number of alkyl halides is 3. The van der Waals surface area contributed by atoms with Crippen LogP contribution in [0.25, 0.3) is 0 Å². The van der Waals surface area contributed by atoms with Crippen molar-refractivity contribution in [2.75, 3.05) is 25.0 Å². The van der Waals surface area contributed by atoms with Crippen LogP contribution in [-0.4, -0.2) is 30.6 Å². The SMILES string of the molecule is FC(F)(F)c1ccc2c(c1)[C@H]1O[C@@H](CN3CCC(C=C4CCCCC4)CC3)CC[C@H]1[C@H](c1ccccc1)N2. The number of hydrogen-bond donors (Lipinski definition) is 1. The fourth-order valence-corrected chi connectivity index (χ4v) is 7.15. The van der Waals surface area contributed by atoms with Gasteiger partial charge in [-0.3, -0.25) is 0 Å². The lowest BCUT2D eigenvalue weighted by Gasteiger charge is -2.47. The summed E-state index contributed by atoms with van der Waals surface area (Å²) in [6.45, 7) is 3.01. The monoisotopic (exact) mass is 524 g/mol. The zero-order valence-electron chi connectivity index (χ0n) is 22.1. The number of likely N-dealkylation sites (tertiary alicyclic amines) is 1. The summed E-state index contributed by atoms with van der Waals surface area (Å²) in [4.78, 5) is 2.52. The molecule has 3 aliphatic heterocycles. The summed E-state index contributed by atoms with van der Waals surface area (Å²) in [5.41, 5.74) is 3.64. The Balaban J connectivity index is 1.16. The maximum Gasteiger partial charge on any atom is 0.416 e. The highest BCUT2D eigenvalue weighted by Crippen LogP contribution is 2.51. The molecule has 4 atom stereocenters. The molecular formula is C32H39F3N2O. The molecule has 6 heteroatoms. The van der Waals surface area contributed by atoms with Crippen LogP contribution in [0.4, 0.5) is 18.9 Å². The molecule has 0 amide bonds. The fraction of sp³-hybridized carbons (Fsp3) is 0.562. The van der Waals surface area contributed by atoms with E-state index in [-0.39, 0.29) is 24.2 Å². The minimum Gasteiger partial charge on any atom is -0.378 e. The number of allylic oxidation sites excluding steroid dienone is 2. The normalized spacial score (nSPS) is 28.8. The van der Waals surface area contributed by atoms with Crippen molar-refractivity contribution in [3.05, 3.63) is 76.9 Å². The Morgan fingerprint density at radius 2 is 1.68 bits per heavy atom. The molecule has 6 rings (SSSR count). The van der Waals surface area contributed by atoms with Gasteiger partial charge in [-0.2, -0.15) is 13.2 Å². The molecule has 0 bridgehead atoms. The van der Waals surface area contributed by atoms with E-state index >= 15 is 0 Å². The number of rotatable bonds is 4. The Labute approximate surface area is 224 Å². The average molecular weight is 525 g/mol. The molecule has 4 aliphatic rings. The molecule has 38 heavy (non-hydrogen) atoms. The van der Waals surface area contributed by atoms with E-state index in [1.54, 1.807) is 11.6 Å². The van der Waals surface area contributed by atoms with Crippen LogP contribution in [0.3, 0.4) is 0 Å². The van der Waals surface area contributed by atoms with E-state index in [9.17, 15) is 13.2 Å². The van der Waals surface area contributed by atoms with Crippen LogP contribution in [0.15, 0.2) is 60.2 Å². The predicted molar refractivity (Wildman–Crippen MR) is 145 cm³/mol. The van der Waals surface area contributed by atoms with Crippen LogP contribution < -0.4 is 5.32 Å². The molecule has 3 nitrogen and oxygen atoms in total. The standard InChI is InChI=1S/C32H39F3N2O/c33-32(34,35)25-11-14-29-28(20-25)31-27(30(36-29)24-9-5-2-6-10-24)13-12-26(38-31)21-37-17-15-23(16-18-37)19-22-7-3-1-4-8-22/h2,5-6,9-11,14,19-20,23,26-27,30-31,36H,1,3-4,7-8,12-13,15-18,21H2/t26-,27+,30+,31+/m1/s1. The van der Waals surface area contributed by atoms with Gasteiger partial charge < -0.3 is 15.0 Å². The minimum atomic E-state index is -4.37. The predicted octanol–water partition coefficient (Wildman–Crippen LogP) is 8.31. The van der Waals surface area contributed by atoms with Crippen molar-refractivity contribution in [1.82, 2.24) is 4.90 Å². The Hall–Kier alpha value is -2.31. The summed E-state index contributed by atoms with van der Waals surface area (Å²) in [5, 5.41) is 3.56. The van der Waals surface area contributed by atoms with Crippen LogP contribution in [0.1, 0.15) is 86.6 Å². The maximum absolute atomic E-state index is 13.6. The van der Waals surface area contributed by atoms with Crippen LogP contribution in [0.2, 0.25) is 0 Å². The number of fused-ring (bicyclic) bond motifs is 3. The summed E-state index contributed by atoms with van der Waals surface area (Å²) >= 11 is 0. The number of benzene rings is 2. The van der Waals surface area contributed by atoms with Gasteiger partial charge in [-0.1, -0.05) is 48.4 Å². The number of nitrogens with one attached hydrogen (secondary N) is 1. The summed E-state index contributed by atoms with van der Waals surface area (Å²) in [5.74, 6) is 0.789. The van der Waals surface area contributed by atoms with Gasteiger partial charge in [-0.05, 0) is 94.1 Å². The van der Waals surface area contributed by atoms with Gasteiger partial charge in [0.1, 0.15) is 0 Å². The Morgan fingerprint density at radius 1 is 0.921 bits per heavy atom. The van der Waals surface area contributed by atoms with Crippen molar-refractivity contribution in [3.8, 4) is 0 Å². The highest BCUT2D eigenvalue weighted by molar-refractivity contribution is 5.58. The number of hydrogen-bond acceptors (Lipinski definition) is 3. The quantitative estimate of drug-likeness (QED) is 0.407. The van der Waals surface area contributed by atoms with E-state index in [0.29, 0.717) is 11.5 Å². The summed E-state index contributed by atoms with van der Waals surface area (Å²) in [7, 11) is 0. The lowest BCUT2D eigenvalue weighted by molar-refractivity contribution is -0.138. The summed E-state index contributed by atoms with van der Waals surface area (Å²) in [6.07, 6.45) is 8.81. The Morgan fingerprint density at radius 3 is 2.42 bits per heavy atom. The molecule has 2 saturated heterocycles. The van der Waals surface area contributed by atoms with Crippen molar-refractivity contribution < 1.29 is 17.9 Å². The van der Waals surface area contributed by atoms with Gasteiger partial charge in [0.2, 0.25) is 0 Å². The minimum absolute atomic E-state index is 0.0231. The highest BCUT2D eigenvalue weighted by Gasteiger charge is 2.44. The molecule has 3 fully saturated rings. The van der Waals surface area contributed by atoms with Crippen molar-refractivity contribution >= 4 is 5.69 Å². The first-order valence-electron chi connectivity index (χ1n) is 14.5. The molecule has 0 spiro atoms. The zero-order chi connectivity index (χ0) is 26.1. The van der Waals surface area contributed by atoms with E-state index < -0.39 is 11.7 Å². The molecule has 1 saturated carbocycles. The molecule has 1 N–H and O–H groups in total. The van der Waals surface area contributed by atoms with Crippen LogP contribution >= 0.6 is 0 Å². The van der Waals surface area contributed by atoms with E-state index in [4.69, 9.17) is 4.74 Å². The number of halogens is 3. The second-order valence-electron chi connectivity index (χ2n) is 11.8. The van der Waals surface area contributed by atoms with E-state index in [2.05, 4.69) is 28.4 Å². The van der Waals surface area contributed by atoms with Crippen LogP contribution in [0.5, 0.6) is 0 Å². The third-order valence-corrected chi connectivity index (χ3v) is 9.19. The summed E-state index contributed by atoms with van der Waals surface area (Å²) < 4.78 is 47.6. The van der Waals surface area contributed by atoms with Crippen molar-refractivity contribution in [2.45, 2.75) is 82.2 Å². The molecule has 1 aliphatic carbocycles. The van der Waals surface area contributed by atoms with Gasteiger partial charge in [0, 0.05) is 23.7 Å². The smallest absolute Gasteiger partial charge is 0.378 e. The number of nitrogens with zero attached hydrogens (tertiary/aromatic N) is 1. The lowest BCUT2D eigenvalue weighted by Crippen LogP contribution is -2.45.